The smallest absolute Gasteiger partial charge is 0.162 e. The van der Waals surface area contributed by atoms with Gasteiger partial charge in [0.05, 0.1) is 6.04 Å². The van der Waals surface area contributed by atoms with Crippen LogP contribution in [-0.4, -0.2) is 10.9 Å². The van der Waals surface area contributed by atoms with E-state index in [0.29, 0.717) is 5.82 Å². The molecule has 3 rings (SSSR count). The van der Waals surface area contributed by atoms with Crippen LogP contribution in [0, 0.1) is 17.6 Å². The lowest BCUT2D eigenvalue weighted by Gasteiger charge is -2.36. The number of halogens is 2. The van der Waals surface area contributed by atoms with Gasteiger partial charge in [-0.3, -0.25) is 4.79 Å². The first-order chi connectivity index (χ1) is 10.1. The standard InChI is InChI=1S/C15H12F2N3O/c1-9-12(21)6-8-20(13-5-7-18-19-13)15(9)14-10(16)3-2-4-11(14)17/h2-9,15H,1H3/q-1. The lowest BCUT2D eigenvalue weighted by atomic mass is 9.87. The highest BCUT2D eigenvalue weighted by Gasteiger charge is 2.36. The first-order valence-corrected chi connectivity index (χ1v) is 6.48. The third-order valence-electron chi connectivity index (χ3n) is 3.63. The summed E-state index contributed by atoms with van der Waals surface area (Å²) in [4.78, 5) is 13.5. The minimum Gasteiger partial charge on any atom is -0.580 e. The molecule has 2 unspecified atom stereocenters. The molecule has 1 aromatic heterocycles. The van der Waals surface area contributed by atoms with Gasteiger partial charge < -0.3 is 15.1 Å². The van der Waals surface area contributed by atoms with Gasteiger partial charge in [0, 0.05) is 17.7 Å². The van der Waals surface area contributed by atoms with Crippen LogP contribution in [0.2, 0.25) is 0 Å². The minimum absolute atomic E-state index is 0.134. The van der Waals surface area contributed by atoms with Crippen LogP contribution >= 0.6 is 0 Å². The zero-order chi connectivity index (χ0) is 15.0. The summed E-state index contributed by atoms with van der Waals surface area (Å²) in [6, 6.07) is 4.50. The summed E-state index contributed by atoms with van der Waals surface area (Å²) in [5.74, 6) is -1.70. The Morgan fingerprint density at radius 3 is 2.57 bits per heavy atom. The van der Waals surface area contributed by atoms with E-state index in [0.717, 1.165) is 0 Å². The van der Waals surface area contributed by atoms with E-state index in [2.05, 4.69) is 10.2 Å². The molecule has 1 aliphatic rings. The van der Waals surface area contributed by atoms with Crippen molar-refractivity contribution in [1.29, 1.82) is 0 Å². The molecule has 0 fully saturated rings. The molecule has 0 saturated heterocycles. The molecule has 108 valence electrons. The third-order valence-corrected chi connectivity index (χ3v) is 3.63. The molecule has 4 nitrogen and oxygen atoms in total. The van der Waals surface area contributed by atoms with E-state index in [4.69, 9.17) is 0 Å². The number of allylic oxidation sites excluding steroid dienone is 1. The van der Waals surface area contributed by atoms with E-state index in [1.54, 1.807) is 17.9 Å². The molecule has 0 spiro atoms. The summed E-state index contributed by atoms with van der Waals surface area (Å²) in [6.07, 6.45) is 4.36. The predicted octanol–water partition coefficient (Wildman–Crippen LogP) is 2.60. The number of ketones is 1. The van der Waals surface area contributed by atoms with Crippen LogP contribution in [0.3, 0.4) is 0 Å². The van der Waals surface area contributed by atoms with Gasteiger partial charge in [-0.25, -0.2) is 8.78 Å². The Morgan fingerprint density at radius 2 is 1.95 bits per heavy atom. The first-order valence-electron chi connectivity index (χ1n) is 6.48. The van der Waals surface area contributed by atoms with Crippen molar-refractivity contribution < 1.29 is 13.6 Å². The van der Waals surface area contributed by atoms with Crippen LogP contribution < -0.4 is 10.00 Å². The monoisotopic (exact) mass is 288 g/mol. The summed E-state index contributed by atoms with van der Waals surface area (Å²) < 4.78 is 28.2. The van der Waals surface area contributed by atoms with Crippen molar-refractivity contribution in [1.82, 2.24) is 10.2 Å². The lowest BCUT2D eigenvalue weighted by Crippen LogP contribution is -2.37. The Kier molecular flexibility index (Phi) is 3.29. The molecule has 0 amide bonds. The summed E-state index contributed by atoms with van der Waals surface area (Å²) >= 11 is 0. The molecular weight excluding hydrogens is 276 g/mol. The zero-order valence-corrected chi connectivity index (χ0v) is 11.2. The number of rotatable bonds is 2. The molecule has 1 aromatic carbocycles. The van der Waals surface area contributed by atoms with Crippen LogP contribution in [0.1, 0.15) is 18.5 Å². The van der Waals surface area contributed by atoms with E-state index in [1.165, 1.54) is 36.7 Å². The Labute approximate surface area is 120 Å². The van der Waals surface area contributed by atoms with Crippen LogP contribution in [0.4, 0.5) is 14.6 Å². The molecule has 0 bridgehead atoms. The second-order valence-electron chi connectivity index (χ2n) is 4.88. The van der Waals surface area contributed by atoms with Gasteiger partial charge in [-0.2, -0.15) is 6.20 Å². The molecule has 0 aliphatic carbocycles. The molecule has 0 N–H and O–H groups in total. The zero-order valence-electron chi connectivity index (χ0n) is 11.2. The second-order valence-corrected chi connectivity index (χ2v) is 4.88. The van der Waals surface area contributed by atoms with Gasteiger partial charge in [-0.1, -0.05) is 13.0 Å². The average Bonchev–Trinajstić information content (AvgIpc) is 2.97. The number of hydrogen-bond donors (Lipinski definition) is 0. The van der Waals surface area contributed by atoms with Crippen molar-refractivity contribution in [3.63, 3.8) is 0 Å². The van der Waals surface area contributed by atoms with E-state index >= 15 is 0 Å². The fourth-order valence-electron chi connectivity index (χ4n) is 2.56. The number of benzene rings is 1. The molecular formula is C15H12F2N3O-. The largest absolute Gasteiger partial charge is 0.580 e. The van der Waals surface area contributed by atoms with Gasteiger partial charge in [0.2, 0.25) is 0 Å². The average molecular weight is 288 g/mol. The molecule has 0 radical (unpaired) electrons. The summed E-state index contributed by atoms with van der Waals surface area (Å²) in [5, 5.41) is 7.62. The number of aromatic nitrogens is 2. The maximum atomic E-state index is 14.1. The van der Waals surface area contributed by atoms with Gasteiger partial charge in [0.1, 0.15) is 17.5 Å². The van der Waals surface area contributed by atoms with Gasteiger partial charge >= 0.3 is 0 Å². The summed E-state index contributed by atoms with van der Waals surface area (Å²) in [7, 11) is 0. The van der Waals surface area contributed by atoms with Gasteiger partial charge in [-0.15, -0.1) is 0 Å². The van der Waals surface area contributed by atoms with Crippen molar-refractivity contribution in [3.05, 3.63) is 59.9 Å². The highest BCUT2D eigenvalue weighted by molar-refractivity contribution is 5.94. The molecule has 2 heterocycles. The van der Waals surface area contributed by atoms with Crippen LogP contribution in [0.15, 0.2) is 42.7 Å². The molecule has 1 aliphatic heterocycles. The van der Waals surface area contributed by atoms with Gasteiger partial charge in [0.25, 0.3) is 0 Å². The van der Waals surface area contributed by atoms with Gasteiger partial charge in [0.15, 0.2) is 5.78 Å². The molecule has 0 saturated carbocycles. The SMILES string of the molecule is CC1C(=O)C=CN(c2cc[n-]n2)C1c1c(F)cccc1F. The normalized spacial score (nSPS) is 21.9. The fraction of sp³-hybridized carbons (Fsp3) is 0.200. The van der Waals surface area contributed by atoms with Crippen LogP contribution in [0.5, 0.6) is 0 Å². The molecule has 21 heavy (non-hydrogen) atoms. The van der Waals surface area contributed by atoms with Gasteiger partial charge in [-0.05, 0) is 24.3 Å². The Morgan fingerprint density at radius 1 is 1.24 bits per heavy atom. The number of anilines is 1. The number of nitrogens with zero attached hydrogens (tertiary/aromatic N) is 3. The number of carbonyl (C=O) groups excluding carboxylic acids is 1. The number of carbonyl (C=O) groups is 1. The Balaban J connectivity index is 2.16. The topological polar surface area (TPSA) is 47.3 Å². The maximum absolute atomic E-state index is 14.1. The van der Waals surface area contributed by atoms with E-state index in [-0.39, 0.29) is 11.3 Å². The Hall–Kier alpha value is -2.50. The fourth-order valence-corrected chi connectivity index (χ4v) is 2.56. The number of hydrogen-bond acceptors (Lipinski definition) is 3. The quantitative estimate of drug-likeness (QED) is 0.852. The predicted molar refractivity (Wildman–Crippen MR) is 72.4 cm³/mol. The molecule has 6 heteroatoms. The van der Waals surface area contributed by atoms with Crippen molar-refractivity contribution >= 4 is 11.6 Å². The van der Waals surface area contributed by atoms with E-state index < -0.39 is 23.6 Å². The van der Waals surface area contributed by atoms with E-state index in [1.807, 2.05) is 0 Å². The van der Waals surface area contributed by atoms with Crippen molar-refractivity contribution in [2.24, 2.45) is 5.92 Å². The molecule has 2 atom stereocenters. The van der Waals surface area contributed by atoms with Crippen LogP contribution in [-0.2, 0) is 4.79 Å². The lowest BCUT2D eigenvalue weighted by molar-refractivity contribution is -0.118. The van der Waals surface area contributed by atoms with Crippen molar-refractivity contribution in [2.75, 3.05) is 4.90 Å². The van der Waals surface area contributed by atoms with Crippen LogP contribution in [0.25, 0.3) is 0 Å². The second kappa shape index (κ2) is 5.12. The minimum atomic E-state index is -0.791. The molecule has 2 aromatic rings. The van der Waals surface area contributed by atoms with E-state index in [9.17, 15) is 13.6 Å². The first kappa shape index (κ1) is 13.5. The maximum Gasteiger partial charge on any atom is 0.162 e. The summed E-state index contributed by atoms with van der Waals surface area (Å²) in [6.45, 7) is 1.64. The highest BCUT2D eigenvalue weighted by Crippen LogP contribution is 2.38. The van der Waals surface area contributed by atoms with Crippen molar-refractivity contribution in [3.8, 4) is 0 Å². The highest BCUT2D eigenvalue weighted by atomic mass is 19.1. The third kappa shape index (κ3) is 2.22. The Bertz CT molecular complexity index is 677. The summed E-state index contributed by atoms with van der Waals surface area (Å²) in [5.41, 5.74) is -0.134. The van der Waals surface area contributed by atoms with Crippen molar-refractivity contribution in [2.45, 2.75) is 13.0 Å².